The SMILES string of the molecule is C[C@@H](CCc1ccccc1)NC(=O)c1ccc2c(c1)N(Cc1ccc(Cl)cc1)CCS2. The maximum atomic E-state index is 12.9. The van der Waals surface area contributed by atoms with Gasteiger partial charge in [-0.15, -0.1) is 11.8 Å². The van der Waals surface area contributed by atoms with E-state index in [1.165, 1.54) is 16.0 Å². The van der Waals surface area contributed by atoms with Crippen LogP contribution < -0.4 is 10.2 Å². The highest BCUT2D eigenvalue weighted by molar-refractivity contribution is 7.99. The number of rotatable bonds is 7. The van der Waals surface area contributed by atoms with Crippen LogP contribution >= 0.6 is 23.4 Å². The van der Waals surface area contributed by atoms with Crippen molar-refractivity contribution in [2.45, 2.75) is 37.2 Å². The van der Waals surface area contributed by atoms with Gasteiger partial charge < -0.3 is 10.2 Å². The molecule has 31 heavy (non-hydrogen) atoms. The summed E-state index contributed by atoms with van der Waals surface area (Å²) in [5, 5.41) is 3.91. The Morgan fingerprint density at radius 1 is 1.06 bits per heavy atom. The molecule has 0 saturated heterocycles. The quantitative estimate of drug-likeness (QED) is 0.464. The van der Waals surface area contributed by atoms with Gasteiger partial charge in [0.05, 0.1) is 5.69 Å². The van der Waals surface area contributed by atoms with Crippen LogP contribution in [0.2, 0.25) is 5.02 Å². The van der Waals surface area contributed by atoms with Gasteiger partial charge in [-0.05, 0) is 61.2 Å². The average Bonchev–Trinajstić information content (AvgIpc) is 2.80. The van der Waals surface area contributed by atoms with Gasteiger partial charge in [0.1, 0.15) is 0 Å². The van der Waals surface area contributed by atoms with Gasteiger partial charge in [-0.2, -0.15) is 0 Å². The Labute approximate surface area is 193 Å². The molecule has 0 aromatic heterocycles. The van der Waals surface area contributed by atoms with Gasteiger partial charge in [0.15, 0.2) is 0 Å². The molecule has 3 aromatic rings. The molecule has 0 radical (unpaired) electrons. The van der Waals surface area contributed by atoms with Gasteiger partial charge in [0.25, 0.3) is 5.91 Å². The van der Waals surface area contributed by atoms with Crippen molar-refractivity contribution in [3.8, 4) is 0 Å². The Hall–Kier alpha value is -2.43. The number of aryl methyl sites for hydroxylation is 1. The fraction of sp³-hybridized carbons (Fsp3) is 0.269. The van der Waals surface area contributed by atoms with Crippen molar-refractivity contribution in [2.75, 3.05) is 17.2 Å². The molecule has 1 aliphatic heterocycles. The Morgan fingerprint density at radius 2 is 1.84 bits per heavy atom. The number of halogens is 1. The van der Waals surface area contributed by atoms with E-state index in [4.69, 9.17) is 11.6 Å². The molecule has 1 atom stereocenters. The van der Waals surface area contributed by atoms with Crippen molar-refractivity contribution in [3.63, 3.8) is 0 Å². The third-order valence-electron chi connectivity index (χ3n) is 5.55. The number of carbonyl (C=O) groups is 1. The molecule has 0 saturated carbocycles. The summed E-state index contributed by atoms with van der Waals surface area (Å²) in [6.45, 7) is 3.84. The van der Waals surface area contributed by atoms with Crippen LogP contribution in [0.4, 0.5) is 5.69 Å². The van der Waals surface area contributed by atoms with E-state index >= 15 is 0 Å². The Morgan fingerprint density at radius 3 is 2.61 bits per heavy atom. The minimum atomic E-state index is -0.00891. The maximum absolute atomic E-state index is 12.9. The lowest BCUT2D eigenvalue weighted by Gasteiger charge is -2.31. The second kappa shape index (κ2) is 10.3. The summed E-state index contributed by atoms with van der Waals surface area (Å²) in [4.78, 5) is 16.5. The monoisotopic (exact) mass is 450 g/mol. The van der Waals surface area contributed by atoms with Crippen LogP contribution in [0.25, 0.3) is 0 Å². The van der Waals surface area contributed by atoms with E-state index < -0.39 is 0 Å². The molecule has 3 nitrogen and oxygen atoms in total. The van der Waals surface area contributed by atoms with Crippen LogP contribution in [0.1, 0.15) is 34.8 Å². The van der Waals surface area contributed by atoms with E-state index in [2.05, 4.69) is 59.6 Å². The molecule has 0 fully saturated rings. The zero-order valence-corrected chi connectivity index (χ0v) is 19.3. The maximum Gasteiger partial charge on any atom is 0.251 e. The number of thioether (sulfide) groups is 1. The summed E-state index contributed by atoms with van der Waals surface area (Å²) < 4.78 is 0. The molecular weight excluding hydrogens is 424 g/mol. The first-order chi connectivity index (χ1) is 15.1. The number of fused-ring (bicyclic) bond motifs is 1. The zero-order chi connectivity index (χ0) is 21.6. The predicted molar refractivity (Wildman–Crippen MR) is 131 cm³/mol. The summed E-state index contributed by atoms with van der Waals surface area (Å²) in [6.07, 6.45) is 1.87. The first kappa shape index (κ1) is 21.8. The molecular formula is C26H27ClN2OS. The van der Waals surface area contributed by atoms with Crippen LogP contribution in [-0.4, -0.2) is 24.2 Å². The fourth-order valence-electron chi connectivity index (χ4n) is 3.80. The van der Waals surface area contributed by atoms with Crippen LogP contribution in [-0.2, 0) is 13.0 Å². The van der Waals surface area contributed by atoms with Crippen molar-refractivity contribution in [3.05, 3.63) is 94.5 Å². The normalized spacial score (nSPS) is 14.1. The molecule has 1 amide bonds. The van der Waals surface area contributed by atoms with Crippen molar-refractivity contribution in [2.24, 2.45) is 0 Å². The van der Waals surface area contributed by atoms with Crippen LogP contribution in [0.3, 0.4) is 0 Å². The van der Waals surface area contributed by atoms with Crippen molar-refractivity contribution < 1.29 is 4.79 Å². The number of anilines is 1. The lowest BCUT2D eigenvalue weighted by molar-refractivity contribution is 0.0938. The minimum absolute atomic E-state index is 0.00891. The summed E-state index contributed by atoms with van der Waals surface area (Å²) in [6, 6.07) is 24.6. The number of benzene rings is 3. The number of amides is 1. The van der Waals surface area contributed by atoms with Crippen LogP contribution in [0.15, 0.2) is 77.7 Å². The first-order valence-electron chi connectivity index (χ1n) is 10.7. The highest BCUT2D eigenvalue weighted by atomic mass is 35.5. The molecule has 4 rings (SSSR count). The number of hydrogen-bond donors (Lipinski definition) is 1. The molecule has 5 heteroatoms. The number of nitrogens with one attached hydrogen (secondary N) is 1. The number of hydrogen-bond acceptors (Lipinski definition) is 3. The predicted octanol–water partition coefficient (Wildman–Crippen LogP) is 6.20. The Balaban J connectivity index is 1.42. The molecule has 1 aliphatic rings. The zero-order valence-electron chi connectivity index (χ0n) is 17.7. The fourth-order valence-corrected chi connectivity index (χ4v) is 4.95. The average molecular weight is 451 g/mol. The highest BCUT2D eigenvalue weighted by Crippen LogP contribution is 2.36. The number of carbonyl (C=O) groups excluding carboxylic acids is 1. The van der Waals surface area contributed by atoms with E-state index in [1.807, 2.05) is 42.1 Å². The van der Waals surface area contributed by atoms with Gasteiger partial charge in [0.2, 0.25) is 0 Å². The van der Waals surface area contributed by atoms with E-state index in [-0.39, 0.29) is 11.9 Å². The second-order valence-electron chi connectivity index (χ2n) is 7.98. The molecule has 0 unspecified atom stereocenters. The molecule has 3 aromatic carbocycles. The lowest BCUT2D eigenvalue weighted by Crippen LogP contribution is -2.33. The third-order valence-corrected chi connectivity index (χ3v) is 6.85. The molecule has 1 heterocycles. The molecule has 0 spiro atoms. The van der Waals surface area contributed by atoms with Gasteiger partial charge in [0, 0.05) is 40.4 Å². The molecule has 0 aliphatic carbocycles. The molecule has 160 valence electrons. The van der Waals surface area contributed by atoms with Crippen LogP contribution in [0.5, 0.6) is 0 Å². The van der Waals surface area contributed by atoms with Gasteiger partial charge in [-0.3, -0.25) is 4.79 Å². The largest absolute Gasteiger partial charge is 0.365 e. The standard InChI is InChI=1S/C26H27ClN2OS/c1-19(7-8-20-5-3-2-4-6-20)28-26(30)22-11-14-25-24(17-22)29(15-16-31-25)18-21-9-12-23(27)13-10-21/h2-6,9-14,17,19H,7-8,15-16,18H2,1H3,(H,28,30)/t19-/m0/s1. The topological polar surface area (TPSA) is 32.3 Å². The van der Waals surface area contributed by atoms with Crippen molar-refractivity contribution >= 4 is 35.0 Å². The van der Waals surface area contributed by atoms with E-state index in [9.17, 15) is 4.79 Å². The minimum Gasteiger partial charge on any atom is -0.365 e. The third kappa shape index (κ3) is 5.84. The van der Waals surface area contributed by atoms with Gasteiger partial charge in [-0.25, -0.2) is 0 Å². The highest BCUT2D eigenvalue weighted by Gasteiger charge is 2.20. The van der Waals surface area contributed by atoms with Crippen LogP contribution in [0, 0.1) is 0 Å². The van der Waals surface area contributed by atoms with Crippen molar-refractivity contribution in [1.29, 1.82) is 0 Å². The summed E-state index contributed by atoms with van der Waals surface area (Å²) >= 11 is 7.88. The van der Waals surface area contributed by atoms with E-state index in [0.717, 1.165) is 42.4 Å². The Bertz CT molecular complexity index is 1020. The summed E-state index contributed by atoms with van der Waals surface area (Å²) in [5.74, 6) is 1.04. The Kier molecular flexibility index (Phi) is 7.21. The number of nitrogens with zero attached hydrogens (tertiary/aromatic N) is 1. The second-order valence-corrected chi connectivity index (χ2v) is 9.55. The van der Waals surface area contributed by atoms with E-state index in [1.54, 1.807) is 0 Å². The lowest BCUT2D eigenvalue weighted by atomic mass is 10.1. The van der Waals surface area contributed by atoms with Crippen molar-refractivity contribution in [1.82, 2.24) is 5.32 Å². The first-order valence-corrected chi connectivity index (χ1v) is 12.1. The molecule has 0 bridgehead atoms. The molecule has 1 N–H and O–H groups in total. The van der Waals surface area contributed by atoms with Gasteiger partial charge >= 0.3 is 0 Å². The summed E-state index contributed by atoms with van der Waals surface area (Å²) in [7, 11) is 0. The van der Waals surface area contributed by atoms with E-state index in [0.29, 0.717) is 5.56 Å². The van der Waals surface area contributed by atoms with Gasteiger partial charge in [-0.1, -0.05) is 54.1 Å². The smallest absolute Gasteiger partial charge is 0.251 e. The summed E-state index contributed by atoms with van der Waals surface area (Å²) in [5.41, 5.74) is 4.36.